The number of halogens is 4. The zero-order chi connectivity index (χ0) is 15.0. The number of benzene rings is 1. The van der Waals surface area contributed by atoms with Gasteiger partial charge in [-0.15, -0.1) is 0 Å². The molecule has 0 saturated heterocycles. The summed E-state index contributed by atoms with van der Waals surface area (Å²) in [6, 6.07) is 3.72. The first-order valence-electron chi connectivity index (χ1n) is 6.87. The van der Waals surface area contributed by atoms with E-state index < -0.39 is 17.6 Å². The Bertz CT molecular complexity index is 483. The van der Waals surface area contributed by atoms with Crippen molar-refractivity contribution in [3.05, 3.63) is 35.1 Å². The lowest BCUT2D eigenvalue weighted by Crippen LogP contribution is -2.28. The van der Waals surface area contributed by atoms with Crippen molar-refractivity contribution in [2.24, 2.45) is 0 Å². The molecule has 0 aliphatic heterocycles. The molecule has 0 aromatic heterocycles. The van der Waals surface area contributed by atoms with Crippen molar-refractivity contribution in [2.75, 3.05) is 6.54 Å². The first-order valence-corrected chi connectivity index (χ1v) is 6.87. The van der Waals surface area contributed by atoms with Gasteiger partial charge in [-0.1, -0.05) is 19.9 Å². The monoisotopic (exact) mass is 289 g/mol. The predicted molar refractivity (Wildman–Crippen MR) is 70.1 cm³/mol. The Morgan fingerprint density at radius 3 is 2.65 bits per heavy atom. The minimum atomic E-state index is -4.64. The van der Waals surface area contributed by atoms with Crippen molar-refractivity contribution in [1.82, 2.24) is 5.32 Å². The van der Waals surface area contributed by atoms with E-state index in [4.69, 9.17) is 0 Å². The third-order valence-corrected chi connectivity index (χ3v) is 4.20. The van der Waals surface area contributed by atoms with Crippen molar-refractivity contribution in [2.45, 2.75) is 50.7 Å². The van der Waals surface area contributed by atoms with Crippen LogP contribution in [-0.4, -0.2) is 12.6 Å². The highest BCUT2D eigenvalue weighted by molar-refractivity contribution is 5.33. The van der Waals surface area contributed by atoms with E-state index in [0.717, 1.165) is 37.9 Å². The van der Waals surface area contributed by atoms with E-state index in [0.29, 0.717) is 11.6 Å². The van der Waals surface area contributed by atoms with Crippen LogP contribution in [0.25, 0.3) is 0 Å². The first-order chi connectivity index (χ1) is 9.26. The van der Waals surface area contributed by atoms with E-state index in [1.54, 1.807) is 0 Å². The van der Waals surface area contributed by atoms with E-state index in [1.165, 1.54) is 6.07 Å². The number of alkyl halides is 3. The van der Waals surface area contributed by atoms with Crippen molar-refractivity contribution in [1.29, 1.82) is 0 Å². The third kappa shape index (κ3) is 2.97. The predicted octanol–water partition coefficient (Wildman–Crippen LogP) is 4.26. The highest BCUT2D eigenvalue weighted by atomic mass is 19.4. The molecule has 1 N–H and O–H groups in total. The fourth-order valence-electron chi connectivity index (χ4n) is 3.08. The summed E-state index contributed by atoms with van der Waals surface area (Å²) in [4.78, 5) is 0. The molecule has 1 aromatic rings. The molecule has 1 fully saturated rings. The van der Waals surface area contributed by atoms with Crippen LogP contribution in [0.3, 0.4) is 0 Å². The van der Waals surface area contributed by atoms with Crippen molar-refractivity contribution in [3.63, 3.8) is 0 Å². The molecule has 5 heteroatoms. The van der Waals surface area contributed by atoms with Gasteiger partial charge in [-0.05, 0) is 48.9 Å². The fourth-order valence-corrected chi connectivity index (χ4v) is 3.08. The fraction of sp³-hybridized carbons (Fsp3) is 0.600. The van der Waals surface area contributed by atoms with Gasteiger partial charge in [0.1, 0.15) is 5.82 Å². The molecule has 0 radical (unpaired) electrons. The summed E-state index contributed by atoms with van der Waals surface area (Å²) in [5, 5.41) is 3.33. The molecule has 1 saturated carbocycles. The third-order valence-electron chi connectivity index (χ3n) is 4.20. The van der Waals surface area contributed by atoms with Crippen LogP contribution < -0.4 is 5.32 Å². The summed E-state index contributed by atoms with van der Waals surface area (Å²) >= 11 is 0. The smallest absolute Gasteiger partial charge is 0.314 e. The Hall–Kier alpha value is -1.10. The van der Waals surface area contributed by atoms with Crippen LogP contribution in [0, 0.1) is 5.82 Å². The topological polar surface area (TPSA) is 12.0 Å². The van der Waals surface area contributed by atoms with E-state index in [2.05, 4.69) is 5.32 Å². The Balaban J connectivity index is 2.30. The highest BCUT2D eigenvalue weighted by Crippen LogP contribution is 2.43. The summed E-state index contributed by atoms with van der Waals surface area (Å²) in [5.41, 5.74) is -0.907. The number of hydrogen-bond acceptors (Lipinski definition) is 1. The average Bonchev–Trinajstić information content (AvgIpc) is 2.71. The van der Waals surface area contributed by atoms with Gasteiger partial charge in [0.15, 0.2) is 0 Å². The molecule has 1 aliphatic rings. The summed E-state index contributed by atoms with van der Waals surface area (Å²) < 4.78 is 51.7. The number of hydrogen-bond donors (Lipinski definition) is 1. The minimum Gasteiger partial charge on any atom is -0.314 e. The molecular weight excluding hydrogens is 270 g/mol. The molecule has 1 aliphatic carbocycles. The summed E-state index contributed by atoms with van der Waals surface area (Å²) in [5.74, 6) is -1.20. The normalized spacial score (nSPS) is 27.0. The van der Waals surface area contributed by atoms with Crippen LogP contribution >= 0.6 is 0 Å². The van der Waals surface area contributed by atoms with Gasteiger partial charge in [-0.25, -0.2) is 4.39 Å². The molecule has 20 heavy (non-hydrogen) atoms. The van der Waals surface area contributed by atoms with Gasteiger partial charge in [-0.3, -0.25) is 0 Å². The zero-order valence-corrected chi connectivity index (χ0v) is 11.6. The van der Waals surface area contributed by atoms with Crippen molar-refractivity contribution >= 4 is 0 Å². The molecule has 0 amide bonds. The van der Waals surface area contributed by atoms with Gasteiger partial charge in [0.25, 0.3) is 0 Å². The molecule has 112 valence electrons. The van der Waals surface area contributed by atoms with Gasteiger partial charge in [-0.2, -0.15) is 13.2 Å². The standard InChI is InChI=1S/C15H19F4N/c1-3-20-11-6-7-14(2,9-11)10-4-5-13(16)12(8-10)15(17,18)19/h4-5,8,11,20H,3,6-7,9H2,1-2H3. The van der Waals surface area contributed by atoms with Crippen LogP contribution in [0.1, 0.15) is 44.2 Å². The van der Waals surface area contributed by atoms with E-state index in [1.807, 2.05) is 13.8 Å². The van der Waals surface area contributed by atoms with Gasteiger partial charge in [0.05, 0.1) is 5.56 Å². The van der Waals surface area contributed by atoms with Crippen molar-refractivity contribution < 1.29 is 17.6 Å². The van der Waals surface area contributed by atoms with Crippen LogP contribution in [0.2, 0.25) is 0 Å². The SMILES string of the molecule is CCNC1CCC(C)(c2ccc(F)c(C(F)(F)F)c2)C1. The van der Waals surface area contributed by atoms with E-state index in [9.17, 15) is 17.6 Å². The quantitative estimate of drug-likeness (QED) is 0.820. The lowest BCUT2D eigenvalue weighted by atomic mass is 9.80. The Labute approximate surface area is 116 Å². The van der Waals surface area contributed by atoms with Crippen LogP contribution in [-0.2, 0) is 11.6 Å². The second-order valence-corrected chi connectivity index (χ2v) is 5.75. The molecule has 0 heterocycles. The molecule has 0 spiro atoms. The van der Waals surface area contributed by atoms with Crippen LogP contribution in [0.4, 0.5) is 17.6 Å². The maximum Gasteiger partial charge on any atom is 0.419 e. The summed E-state index contributed by atoms with van der Waals surface area (Å²) in [6.45, 7) is 4.81. The maximum atomic E-state index is 13.3. The number of rotatable bonds is 3. The summed E-state index contributed by atoms with van der Waals surface area (Å²) in [6.07, 6.45) is -2.11. The molecule has 1 nitrogen and oxygen atoms in total. The Morgan fingerprint density at radius 2 is 2.05 bits per heavy atom. The molecular formula is C15H19F4N. The molecule has 2 unspecified atom stereocenters. The van der Waals surface area contributed by atoms with Gasteiger partial charge < -0.3 is 5.32 Å². The van der Waals surface area contributed by atoms with Gasteiger partial charge in [0, 0.05) is 6.04 Å². The highest BCUT2D eigenvalue weighted by Gasteiger charge is 2.39. The van der Waals surface area contributed by atoms with E-state index in [-0.39, 0.29) is 5.41 Å². The van der Waals surface area contributed by atoms with Crippen LogP contribution in [0.5, 0.6) is 0 Å². The zero-order valence-electron chi connectivity index (χ0n) is 11.6. The molecule has 1 aromatic carbocycles. The van der Waals surface area contributed by atoms with E-state index >= 15 is 0 Å². The van der Waals surface area contributed by atoms with Crippen molar-refractivity contribution in [3.8, 4) is 0 Å². The first kappa shape index (κ1) is 15.3. The summed E-state index contributed by atoms with van der Waals surface area (Å²) in [7, 11) is 0. The second kappa shape index (κ2) is 5.35. The van der Waals surface area contributed by atoms with Crippen LogP contribution in [0.15, 0.2) is 18.2 Å². The largest absolute Gasteiger partial charge is 0.419 e. The van der Waals surface area contributed by atoms with Gasteiger partial charge >= 0.3 is 6.18 Å². The van der Waals surface area contributed by atoms with Gasteiger partial charge in [0.2, 0.25) is 0 Å². The lowest BCUT2D eigenvalue weighted by Gasteiger charge is -2.26. The average molecular weight is 289 g/mol. The Kier molecular flexibility index (Phi) is 4.09. The molecule has 0 bridgehead atoms. The number of nitrogens with one attached hydrogen (secondary N) is 1. The molecule has 2 atom stereocenters. The second-order valence-electron chi connectivity index (χ2n) is 5.75. The minimum absolute atomic E-state index is 0.319. The maximum absolute atomic E-state index is 13.3. The molecule has 2 rings (SSSR count). The Morgan fingerprint density at radius 1 is 1.35 bits per heavy atom. The lowest BCUT2D eigenvalue weighted by molar-refractivity contribution is -0.140.